The summed E-state index contributed by atoms with van der Waals surface area (Å²) in [5.41, 5.74) is -1.69. The number of aromatic nitrogens is 2. The van der Waals surface area contributed by atoms with Crippen LogP contribution in [0.3, 0.4) is 0 Å². The molecule has 2 rings (SSSR count). The van der Waals surface area contributed by atoms with Crippen LogP contribution >= 0.6 is 0 Å². The van der Waals surface area contributed by atoms with Crippen LogP contribution in [0.4, 0.5) is 0 Å². The first kappa shape index (κ1) is 18.3. The number of aliphatic hydroxyl groups excluding tert-OH is 1. The second kappa shape index (κ2) is 6.57. The van der Waals surface area contributed by atoms with E-state index in [1.807, 2.05) is 26.7 Å². The molecule has 111 valence electrons. The normalized spacial score (nSPS) is 26.9. The molecular weight excluding hydrogens is 349 g/mol. The molecule has 21 heavy (non-hydrogen) atoms. The summed E-state index contributed by atoms with van der Waals surface area (Å²) in [6.07, 6.45) is 7.35. The standard InChI is InChI=1S/C14H17N2O4.Y/c1-5-9-6-16(13(19)15-11(9)18)12-14(3,4)8(2)10(7-17)20-12;/h6,8,10,12,17H,7H2,2-4H3,(H,15,18,19);/q-1;/t8?,10-,12-;/m1./s1. The van der Waals surface area contributed by atoms with E-state index < -0.39 is 22.9 Å². The van der Waals surface area contributed by atoms with E-state index in [4.69, 9.17) is 11.2 Å². The van der Waals surface area contributed by atoms with Crippen LogP contribution < -0.4 is 11.2 Å². The molecule has 1 aromatic heterocycles. The topological polar surface area (TPSA) is 84.3 Å². The number of hydrogen-bond donors (Lipinski definition) is 2. The molecule has 1 aliphatic heterocycles. The molecule has 1 aromatic rings. The molecule has 0 aromatic carbocycles. The molecule has 1 aliphatic rings. The van der Waals surface area contributed by atoms with Crippen LogP contribution in [0, 0.1) is 23.7 Å². The van der Waals surface area contributed by atoms with Gasteiger partial charge >= 0.3 is 5.69 Å². The van der Waals surface area contributed by atoms with Crippen molar-refractivity contribution in [2.75, 3.05) is 6.61 Å². The molecule has 1 unspecified atom stereocenters. The Balaban J connectivity index is 0.00000220. The number of nitrogens with one attached hydrogen (secondary N) is 1. The summed E-state index contributed by atoms with van der Waals surface area (Å²) in [4.78, 5) is 25.6. The first-order valence-corrected chi connectivity index (χ1v) is 6.37. The van der Waals surface area contributed by atoms with Gasteiger partial charge in [0.2, 0.25) is 0 Å². The fourth-order valence-electron chi connectivity index (χ4n) is 2.54. The maximum atomic E-state index is 12.0. The third-order valence-corrected chi connectivity index (χ3v) is 4.21. The van der Waals surface area contributed by atoms with Crippen LogP contribution in [-0.4, -0.2) is 27.4 Å². The van der Waals surface area contributed by atoms with E-state index in [1.54, 1.807) is 0 Å². The summed E-state index contributed by atoms with van der Waals surface area (Å²) in [5.74, 6) is 2.02. The monoisotopic (exact) mass is 366 g/mol. The molecule has 2 heterocycles. The average Bonchev–Trinajstić information content (AvgIpc) is 2.62. The van der Waals surface area contributed by atoms with Crippen molar-refractivity contribution in [3.8, 4) is 5.92 Å². The first-order chi connectivity index (χ1) is 9.32. The fraction of sp³-hybridized carbons (Fsp3) is 0.571. The van der Waals surface area contributed by atoms with Crippen molar-refractivity contribution in [1.29, 1.82) is 0 Å². The molecule has 3 atom stereocenters. The molecular formula is C14H17N2O4Y-. The van der Waals surface area contributed by atoms with Gasteiger partial charge in [-0.05, 0) is 17.7 Å². The molecule has 7 heteroatoms. The van der Waals surface area contributed by atoms with E-state index in [-0.39, 0.29) is 56.9 Å². The van der Waals surface area contributed by atoms with Gasteiger partial charge in [0.1, 0.15) is 6.23 Å². The zero-order chi connectivity index (χ0) is 15.1. The third-order valence-electron chi connectivity index (χ3n) is 4.21. The molecule has 6 nitrogen and oxygen atoms in total. The van der Waals surface area contributed by atoms with Crippen LogP contribution in [0.1, 0.15) is 32.6 Å². The average molecular weight is 366 g/mol. The van der Waals surface area contributed by atoms with Crippen LogP contribution in [0.2, 0.25) is 0 Å². The number of rotatable bonds is 2. The van der Waals surface area contributed by atoms with Gasteiger partial charge in [-0.15, -0.1) is 0 Å². The van der Waals surface area contributed by atoms with Crippen molar-refractivity contribution in [2.45, 2.75) is 33.1 Å². The minimum atomic E-state index is -0.649. The minimum Gasteiger partial charge on any atom is -0.394 e. The van der Waals surface area contributed by atoms with Gasteiger partial charge in [-0.1, -0.05) is 20.8 Å². The smallest absolute Gasteiger partial charge is 0.327 e. The minimum absolute atomic E-state index is 0. The van der Waals surface area contributed by atoms with Crippen molar-refractivity contribution in [3.63, 3.8) is 0 Å². The summed E-state index contributed by atoms with van der Waals surface area (Å²) < 4.78 is 7.00. The van der Waals surface area contributed by atoms with Crippen molar-refractivity contribution < 1.29 is 42.6 Å². The fourth-order valence-corrected chi connectivity index (χ4v) is 2.54. The van der Waals surface area contributed by atoms with Crippen LogP contribution in [0.25, 0.3) is 0 Å². The Morgan fingerprint density at radius 1 is 1.52 bits per heavy atom. The summed E-state index contributed by atoms with van der Waals surface area (Å²) >= 11 is 0. The quantitative estimate of drug-likeness (QED) is 0.571. The Hall–Kier alpha value is -0.736. The van der Waals surface area contributed by atoms with Gasteiger partial charge in [-0.3, -0.25) is 20.3 Å². The van der Waals surface area contributed by atoms with Gasteiger partial charge in [0, 0.05) is 38.1 Å². The number of aliphatic hydroxyl groups is 1. The molecule has 0 amide bonds. The molecule has 1 fully saturated rings. The second-order valence-electron chi connectivity index (χ2n) is 5.65. The van der Waals surface area contributed by atoms with Gasteiger partial charge in [0.15, 0.2) is 5.56 Å². The summed E-state index contributed by atoms with van der Waals surface area (Å²) in [7, 11) is 0. The van der Waals surface area contributed by atoms with E-state index >= 15 is 0 Å². The van der Waals surface area contributed by atoms with Crippen molar-refractivity contribution >= 4 is 0 Å². The van der Waals surface area contributed by atoms with Gasteiger partial charge < -0.3 is 16.3 Å². The van der Waals surface area contributed by atoms with Crippen molar-refractivity contribution in [3.05, 3.63) is 39.0 Å². The second-order valence-corrected chi connectivity index (χ2v) is 5.65. The van der Waals surface area contributed by atoms with E-state index in [1.165, 1.54) is 10.8 Å². The Bertz CT molecular complexity index is 671. The predicted octanol–water partition coefficient (Wildman–Crippen LogP) is 0.0240. The number of ether oxygens (including phenoxy) is 1. The third kappa shape index (κ3) is 3.07. The zero-order valence-electron chi connectivity index (χ0n) is 12.2. The Morgan fingerprint density at radius 2 is 2.14 bits per heavy atom. The van der Waals surface area contributed by atoms with E-state index in [0.717, 1.165) is 0 Å². The van der Waals surface area contributed by atoms with Gasteiger partial charge in [-0.25, -0.2) is 4.79 Å². The van der Waals surface area contributed by atoms with Gasteiger partial charge in [0.05, 0.1) is 12.7 Å². The van der Waals surface area contributed by atoms with Crippen LogP contribution in [-0.2, 0) is 37.4 Å². The number of nitrogens with zero attached hydrogens (tertiary/aromatic N) is 1. The molecule has 1 radical (unpaired) electrons. The summed E-state index contributed by atoms with van der Waals surface area (Å²) in [5, 5.41) is 9.33. The number of aromatic amines is 1. The van der Waals surface area contributed by atoms with Gasteiger partial charge in [0.25, 0.3) is 0 Å². The largest absolute Gasteiger partial charge is 0.394 e. The molecule has 2 N–H and O–H groups in total. The van der Waals surface area contributed by atoms with Crippen molar-refractivity contribution in [2.24, 2.45) is 11.3 Å². The van der Waals surface area contributed by atoms with Crippen LogP contribution in [0.15, 0.2) is 15.8 Å². The van der Waals surface area contributed by atoms with Gasteiger partial charge in [-0.2, -0.15) is 0 Å². The molecule has 0 saturated carbocycles. The maximum Gasteiger partial charge on any atom is 0.327 e. The molecule has 1 saturated heterocycles. The maximum absolute atomic E-state index is 12.0. The molecule has 0 spiro atoms. The van der Waals surface area contributed by atoms with Crippen LogP contribution in [0.5, 0.6) is 0 Å². The number of H-pyrrole nitrogens is 1. The van der Waals surface area contributed by atoms with E-state index in [0.29, 0.717) is 0 Å². The summed E-state index contributed by atoms with van der Waals surface area (Å²) in [6, 6.07) is 0. The first-order valence-electron chi connectivity index (χ1n) is 6.37. The van der Waals surface area contributed by atoms with E-state index in [2.05, 4.69) is 4.98 Å². The zero-order valence-corrected chi connectivity index (χ0v) is 15.1. The Labute approximate surface area is 147 Å². The number of hydrogen-bond acceptors (Lipinski definition) is 4. The molecule has 0 bridgehead atoms. The molecule has 0 aliphatic carbocycles. The van der Waals surface area contributed by atoms with Crippen molar-refractivity contribution in [1.82, 2.24) is 9.55 Å². The SMILES string of the molecule is [C-]#Cc1cn([C@@H]2O[C@H](CO)C(C)C2(C)C)c(=O)[nH]c1=O.[Y]. The van der Waals surface area contributed by atoms with E-state index in [9.17, 15) is 14.7 Å². The Morgan fingerprint density at radius 3 is 2.62 bits per heavy atom. The predicted molar refractivity (Wildman–Crippen MR) is 71.5 cm³/mol. The Kier molecular flexibility index (Phi) is 5.73. The summed E-state index contributed by atoms with van der Waals surface area (Å²) in [6.45, 7) is 5.68.